The second-order valence-electron chi connectivity index (χ2n) is 14.4. The minimum atomic E-state index is -0.580. The molecule has 0 saturated heterocycles. The molecule has 8 aromatic carbocycles. The van der Waals surface area contributed by atoms with Crippen LogP contribution < -0.4 is 0 Å². The predicted octanol–water partition coefficient (Wildman–Crippen LogP) is 13.4. The third kappa shape index (κ3) is 4.91. The van der Waals surface area contributed by atoms with Crippen LogP contribution in [0.2, 0.25) is 0 Å². The number of aromatic nitrogens is 2. The maximum atomic E-state index is 6.21. The zero-order chi connectivity index (χ0) is 37.1. The van der Waals surface area contributed by atoms with E-state index in [4.69, 9.17) is 14.4 Å². The van der Waals surface area contributed by atoms with Crippen LogP contribution >= 0.6 is 0 Å². The Labute approximate surface area is 325 Å². The standard InChI is InChI=1S/C53H34N2O/c1-4-17-35(18-5-1)52-54-47(41-25-11-10-23-39(41)36-31-32-50-45(33-36)42-26-13-15-30-49(42)56-50)34-48(55-52)44-28-16-27-43-40-24-12-14-29-46(40)53(51(43)44,37-19-6-2-7-20-37)38-21-8-3-9-22-38/h1-34H. The van der Waals surface area contributed by atoms with Gasteiger partial charge in [0.25, 0.3) is 0 Å². The van der Waals surface area contributed by atoms with Gasteiger partial charge in [-0.1, -0.05) is 182 Å². The summed E-state index contributed by atoms with van der Waals surface area (Å²) in [7, 11) is 0. The molecule has 1 aliphatic rings. The van der Waals surface area contributed by atoms with Crippen molar-refractivity contribution in [2.24, 2.45) is 0 Å². The number of hydrogen-bond donors (Lipinski definition) is 0. The van der Waals surface area contributed by atoms with Gasteiger partial charge in [0.2, 0.25) is 0 Å². The minimum Gasteiger partial charge on any atom is -0.456 e. The molecule has 0 saturated carbocycles. The Kier molecular flexibility index (Phi) is 7.39. The Balaban J connectivity index is 1.19. The molecule has 3 heteroatoms. The van der Waals surface area contributed by atoms with Crippen LogP contribution in [0.5, 0.6) is 0 Å². The van der Waals surface area contributed by atoms with E-state index in [1.165, 1.54) is 33.4 Å². The quantitative estimate of drug-likeness (QED) is 0.172. The van der Waals surface area contributed by atoms with Crippen molar-refractivity contribution >= 4 is 21.9 Å². The van der Waals surface area contributed by atoms with Gasteiger partial charge in [0.15, 0.2) is 5.82 Å². The van der Waals surface area contributed by atoms with Gasteiger partial charge in [-0.25, -0.2) is 9.97 Å². The van der Waals surface area contributed by atoms with E-state index in [2.05, 4.69) is 188 Å². The van der Waals surface area contributed by atoms with Crippen molar-refractivity contribution < 1.29 is 4.42 Å². The van der Waals surface area contributed by atoms with Crippen molar-refractivity contribution in [2.45, 2.75) is 5.41 Å². The highest BCUT2D eigenvalue weighted by Gasteiger charge is 2.47. The van der Waals surface area contributed by atoms with Crippen LogP contribution in [-0.2, 0) is 5.41 Å². The van der Waals surface area contributed by atoms with E-state index in [0.717, 1.165) is 61.1 Å². The summed E-state index contributed by atoms with van der Waals surface area (Å²) in [5.74, 6) is 0.683. The average Bonchev–Trinajstić information content (AvgIpc) is 3.81. The lowest BCUT2D eigenvalue weighted by Crippen LogP contribution is -2.29. The number of benzene rings is 8. The summed E-state index contributed by atoms with van der Waals surface area (Å²) >= 11 is 0. The van der Waals surface area contributed by atoms with Gasteiger partial charge in [0, 0.05) is 27.5 Å². The predicted molar refractivity (Wildman–Crippen MR) is 228 cm³/mol. The maximum absolute atomic E-state index is 6.21. The first-order valence-electron chi connectivity index (χ1n) is 19.1. The fourth-order valence-corrected chi connectivity index (χ4v) is 9.01. The van der Waals surface area contributed by atoms with Gasteiger partial charge in [0.1, 0.15) is 11.2 Å². The van der Waals surface area contributed by atoms with Crippen molar-refractivity contribution in [3.8, 4) is 56.2 Å². The van der Waals surface area contributed by atoms with Crippen LogP contribution in [0.3, 0.4) is 0 Å². The molecule has 0 amide bonds. The van der Waals surface area contributed by atoms with Crippen molar-refractivity contribution in [2.75, 3.05) is 0 Å². The number of fused-ring (bicyclic) bond motifs is 6. The Bertz CT molecular complexity index is 3040. The van der Waals surface area contributed by atoms with Gasteiger partial charge < -0.3 is 4.42 Å². The van der Waals surface area contributed by atoms with Gasteiger partial charge in [-0.15, -0.1) is 0 Å². The number of furan rings is 1. The summed E-state index contributed by atoms with van der Waals surface area (Å²) in [6.45, 7) is 0. The van der Waals surface area contributed by atoms with Gasteiger partial charge in [0.05, 0.1) is 16.8 Å². The molecule has 0 radical (unpaired) electrons. The van der Waals surface area contributed by atoms with Crippen LogP contribution in [0.15, 0.2) is 211 Å². The van der Waals surface area contributed by atoms with E-state index in [1.54, 1.807) is 0 Å². The van der Waals surface area contributed by atoms with E-state index in [9.17, 15) is 0 Å². The van der Waals surface area contributed by atoms with Crippen molar-refractivity contribution in [1.82, 2.24) is 9.97 Å². The first-order chi connectivity index (χ1) is 27.8. The zero-order valence-electron chi connectivity index (χ0n) is 30.4. The van der Waals surface area contributed by atoms with E-state index < -0.39 is 5.41 Å². The Morgan fingerprint density at radius 3 is 1.66 bits per heavy atom. The molecular weight excluding hydrogens is 681 g/mol. The molecule has 0 spiro atoms. The number of hydrogen-bond acceptors (Lipinski definition) is 3. The van der Waals surface area contributed by atoms with Crippen LogP contribution in [0.4, 0.5) is 0 Å². The summed E-state index contributed by atoms with van der Waals surface area (Å²) < 4.78 is 6.21. The Morgan fingerprint density at radius 1 is 0.357 bits per heavy atom. The number of nitrogens with zero attached hydrogens (tertiary/aromatic N) is 2. The monoisotopic (exact) mass is 714 g/mol. The summed E-state index contributed by atoms with van der Waals surface area (Å²) in [5, 5.41) is 2.20. The molecule has 262 valence electrons. The number of rotatable bonds is 6. The Morgan fingerprint density at radius 2 is 0.911 bits per heavy atom. The Hall–Kier alpha value is -7.36. The van der Waals surface area contributed by atoms with E-state index in [0.29, 0.717) is 5.82 Å². The molecule has 1 aliphatic carbocycles. The summed E-state index contributed by atoms with van der Waals surface area (Å²) in [4.78, 5) is 10.8. The first kappa shape index (κ1) is 32.1. The van der Waals surface area contributed by atoms with Crippen LogP contribution in [0, 0.1) is 0 Å². The molecular formula is C53H34N2O. The van der Waals surface area contributed by atoms with Gasteiger partial charge in [-0.2, -0.15) is 0 Å². The van der Waals surface area contributed by atoms with Crippen LogP contribution in [-0.4, -0.2) is 9.97 Å². The lowest BCUT2D eigenvalue weighted by Gasteiger charge is -2.35. The van der Waals surface area contributed by atoms with Crippen molar-refractivity contribution in [1.29, 1.82) is 0 Å². The highest BCUT2D eigenvalue weighted by molar-refractivity contribution is 6.06. The fourth-order valence-electron chi connectivity index (χ4n) is 9.01. The molecule has 10 aromatic rings. The van der Waals surface area contributed by atoms with E-state index in [-0.39, 0.29) is 0 Å². The zero-order valence-corrected chi connectivity index (χ0v) is 30.4. The summed E-state index contributed by atoms with van der Waals surface area (Å²) in [5.41, 5.74) is 15.6. The minimum absolute atomic E-state index is 0.580. The number of para-hydroxylation sites is 1. The molecule has 0 atom stereocenters. The smallest absolute Gasteiger partial charge is 0.160 e. The second kappa shape index (κ2) is 12.9. The lowest BCUT2D eigenvalue weighted by molar-refractivity contribution is 0.669. The third-order valence-corrected chi connectivity index (χ3v) is 11.4. The van der Waals surface area contributed by atoms with Crippen LogP contribution in [0.1, 0.15) is 22.3 Å². The molecule has 0 fully saturated rings. The summed E-state index contributed by atoms with van der Waals surface area (Å²) in [6, 6.07) is 73.3. The SMILES string of the molecule is c1ccc(-c2nc(-c3ccccc3-c3ccc4oc5ccccc5c4c3)cc(-c3cccc4c3C(c3ccccc3)(c3ccccc3)c3ccccc3-4)n2)cc1. The largest absolute Gasteiger partial charge is 0.456 e. The lowest BCUT2D eigenvalue weighted by atomic mass is 9.66. The molecule has 0 bridgehead atoms. The second-order valence-corrected chi connectivity index (χ2v) is 14.4. The van der Waals surface area contributed by atoms with Crippen molar-refractivity contribution in [3.05, 3.63) is 229 Å². The maximum Gasteiger partial charge on any atom is 0.160 e. The van der Waals surface area contributed by atoms with E-state index in [1.807, 2.05) is 18.2 Å². The molecule has 56 heavy (non-hydrogen) atoms. The van der Waals surface area contributed by atoms with Gasteiger partial charge >= 0.3 is 0 Å². The molecule has 11 rings (SSSR count). The fraction of sp³-hybridized carbons (Fsp3) is 0.0189. The van der Waals surface area contributed by atoms with Crippen molar-refractivity contribution in [3.63, 3.8) is 0 Å². The molecule has 0 aliphatic heterocycles. The third-order valence-electron chi connectivity index (χ3n) is 11.4. The van der Waals surface area contributed by atoms with Crippen LogP contribution in [0.25, 0.3) is 78.1 Å². The van der Waals surface area contributed by atoms with E-state index >= 15 is 0 Å². The molecule has 0 unspecified atom stereocenters. The molecule has 2 aromatic heterocycles. The topological polar surface area (TPSA) is 38.9 Å². The summed E-state index contributed by atoms with van der Waals surface area (Å²) in [6.07, 6.45) is 0. The molecule has 0 N–H and O–H groups in total. The highest BCUT2D eigenvalue weighted by atomic mass is 16.3. The molecule has 2 heterocycles. The molecule has 3 nitrogen and oxygen atoms in total. The average molecular weight is 715 g/mol. The highest BCUT2D eigenvalue weighted by Crippen LogP contribution is 2.58. The van der Waals surface area contributed by atoms with Gasteiger partial charge in [-0.05, 0) is 68.8 Å². The first-order valence-corrected chi connectivity index (χ1v) is 19.1. The normalized spacial score (nSPS) is 12.8. The van der Waals surface area contributed by atoms with Gasteiger partial charge in [-0.3, -0.25) is 0 Å².